The highest BCUT2D eigenvalue weighted by Gasteiger charge is 2.24. The zero-order chi connectivity index (χ0) is 9.89. The second-order valence-corrected chi connectivity index (χ2v) is 2.85. The van der Waals surface area contributed by atoms with Crippen LogP contribution in [0.1, 0.15) is 13.8 Å². The van der Waals surface area contributed by atoms with Gasteiger partial charge < -0.3 is 24.9 Å². The van der Waals surface area contributed by atoms with Crippen molar-refractivity contribution in [3.05, 3.63) is 0 Å². The summed E-state index contributed by atoms with van der Waals surface area (Å²) in [6.07, 6.45) is -2.00. The molecule has 0 bridgehead atoms. The summed E-state index contributed by atoms with van der Waals surface area (Å²) in [5.74, 6) is -5.31. The lowest BCUT2D eigenvalue weighted by Crippen LogP contribution is -2.49. The van der Waals surface area contributed by atoms with E-state index in [-0.39, 0.29) is 0 Å². The maximum absolute atomic E-state index is 10.3. The van der Waals surface area contributed by atoms with E-state index >= 15 is 0 Å². The quantitative estimate of drug-likeness (QED) is 0.493. The minimum atomic E-state index is -2.00. The van der Waals surface area contributed by atoms with Gasteiger partial charge in [-0.25, -0.2) is 0 Å². The van der Waals surface area contributed by atoms with Gasteiger partial charge in [-0.05, 0) is 5.92 Å². The van der Waals surface area contributed by atoms with Crippen molar-refractivity contribution in [2.45, 2.75) is 20.0 Å². The second-order valence-electron chi connectivity index (χ2n) is 2.85. The van der Waals surface area contributed by atoms with E-state index in [4.69, 9.17) is 5.11 Å². The topological polar surface area (TPSA) is 100 Å². The summed E-state index contributed by atoms with van der Waals surface area (Å²) in [5.41, 5.74) is 0. The third kappa shape index (κ3) is 2.50. The first-order chi connectivity index (χ1) is 5.37. The van der Waals surface area contributed by atoms with Crippen molar-refractivity contribution in [1.29, 1.82) is 0 Å². The van der Waals surface area contributed by atoms with Gasteiger partial charge in [0, 0.05) is 11.9 Å². The van der Waals surface area contributed by atoms with Gasteiger partial charge in [0.15, 0.2) is 0 Å². The number of aliphatic hydroxyl groups excluding tert-OH is 1. The number of rotatable bonds is 4. The van der Waals surface area contributed by atoms with Crippen LogP contribution in [0.4, 0.5) is 0 Å². The zero-order valence-corrected chi connectivity index (χ0v) is 6.81. The van der Waals surface area contributed by atoms with Gasteiger partial charge in [0.05, 0.1) is 5.97 Å². The third-order valence-corrected chi connectivity index (χ3v) is 1.57. The molecule has 5 nitrogen and oxygen atoms in total. The molecule has 0 amide bonds. The fourth-order valence-corrected chi connectivity index (χ4v) is 0.912. The van der Waals surface area contributed by atoms with Crippen LogP contribution in [0.25, 0.3) is 0 Å². The normalized spacial score (nSPS) is 15.7. The van der Waals surface area contributed by atoms with E-state index < -0.39 is 29.9 Å². The summed E-state index contributed by atoms with van der Waals surface area (Å²) in [4.78, 5) is 20.4. The summed E-state index contributed by atoms with van der Waals surface area (Å²) >= 11 is 0. The Bertz CT molecular complexity index is 186. The number of hydrogen-bond donors (Lipinski definition) is 1. The first-order valence-electron chi connectivity index (χ1n) is 3.47. The van der Waals surface area contributed by atoms with E-state index in [2.05, 4.69) is 0 Å². The van der Waals surface area contributed by atoms with Gasteiger partial charge in [-0.1, -0.05) is 13.8 Å². The lowest BCUT2D eigenvalue weighted by atomic mass is 9.90. The van der Waals surface area contributed by atoms with Crippen LogP contribution in [0.3, 0.4) is 0 Å². The van der Waals surface area contributed by atoms with Crippen LogP contribution >= 0.6 is 0 Å². The predicted octanol–water partition coefficient (Wildman–Crippen LogP) is -2.88. The second kappa shape index (κ2) is 4.06. The van der Waals surface area contributed by atoms with E-state index in [0.29, 0.717) is 0 Å². The van der Waals surface area contributed by atoms with Crippen LogP contribution in [0, 0.1) is 11.8 Å². The fourth-order valence-electron chi connectivity index (χ4n) is 0.912. The van der Waals surface area contributed by atoms with Gasteiger partial charge in [0.1, 0.15) is 6.10 Å². The highest BCUT2D eigenvalue weighted by molar-refractivity contribution is 5.79. The van der Waals surface area contributed by atoms with Gasteiger partial charge >= 0.3 is 0 Å². The molecule has 0 rings (SSSR count). The molecule has 0 saturated carbocycles. The number of hydrogen-bond acceptors (Lipinski definition) is 5. The number of carboxylic acid groups (broad SMARTS) is 2. The summed E-state index contributed by atoms with van der Waals surface area (Å²) in [7, 11) is 0. The molecule has 70 valence electrons. The van der Waals surface area contributed by atoms with Crippen molar-refractivity contribution < 1.29 is 24.9 Å². The van der Waals surface area contributed by atoms with E-state index in [0.717, 1.165) is 0 Å². The average Bonchev–Trinajstić information content (AvgIpc) is 1.85. The van der Waals surface area contributed by atoms with Crippen molar-refractivity contribution in [3.63, 3.8) is 0 Å². The number of carbonyl (C=O) groups excluding carboxylic acids is 2. The molecule has 0 aromatic heterocycles. The van der Waals surface area contributed by atoms with Crippen LogP contribution in [-0.2, 0) is 9.59 Å². The van der Waals surface area contributed by atoms with Gasteiger partial charge in [-0.3, -0.25) is 0 Å². The van der Waals surface area contributed by atoms with Gasteiger partial charge in [-0.2, -0.15) is 0 Å². The van der Waals surface area contributed by atoms with Gasteiger partial charge in [-0.15, -0.1) is 0 Å². The minimum absolute atomic E-state index is 0.511. The molecule has 0 aromatic rings. The Labute approximate surface area is 69.6 Å². The monoisotopic (exact) mass is 174 g/mol. The van der Waals surface area contributed by atoms with Crippen molar-refractivity contribution in [2.24, 2.45) is 11.8 Å². The molecule has 0 spiro atoms. The molecule has 0 radical (unpaired) electrons. The molecule has 0 aliphatic heterocycles. The molecule has 12 heavy (non-hydrogen) atoms. The number of carbonyl (C=O) groups is 2. The van der Waals surface area contributed by atoms with Gasteiger partial charge in [0.25, 0.3) is 0 Å². The van der Waals surface area contributed by atoms with Crippen LogP contribution < -0.4 is 10.2 Å². The molecule has 0 saturated heterocycles. The van der Waals surface area contributed by atoms with Crippen molar-refractivity contribution in [1.82, 2.24) is 0 Å². The summed E-state index contributed by atoms with van der Waals surface area (Å²) in [6, 6.07) is 0. The summed E-state index contributed by atoms with van der Waals surface area (Å²) in [5, 5.41) is 29.3. The lowest BCUT2D eigenvalue weighted by Gasteiger charge is -2.27. The SMILES string of the molecule is CC(C)[C@H](C(=O)[O-])[C@@H](O)C(=O)[O-]. The molecule has 2 atom stereocenters. The molecular formula is C7H10O5-2. The molecule has 0 aromatic carbocycles. The zero-order valence-electron chi connectivity index (χ0n) is 6.81. The van der Waals surface area contributed by atoms with Crippen LogP contribution in [0.5, 0.6) is 0 Å². The first kappa shape index (κ1) is 10.9. The fraction of sp³-hybridized carbons (Fsp3) is 0.714. The summed E-state index contributed by atoms with van der Waals surface area (Å²) < 4.78 is 0. The minimum Gasteiger partial charge on any atom is -0.550 e. The largest absolute Gasteiger partial charge is 0.550 e. The molecule has 0 fully saturated rings. The van der Waals surface area contributed by atoms with Crippen molar-refractivity contribution in [2.75, 3.05) is 0 Å². The predicted molar refractivity (Wildman–Crippen MR) is 34.3 cm³/mol. The highest BCUT2D eigenvalue weighted by Crippen LogP contribution is 2.14. The smallest absolute Gasteiger partial charge is 0.102 e. The van der Waals surface area contributed by atoms with E-state index in [1.165, 1.54) is 13.8 Å². The van der Waals surface area contributed by atoms with Gasteiger partial charge in [0.2, 0.25) is 0 Å². The molecule has 0 aliphatic carbocycles. The number of aliphatic hydroxyl groups is 1. The van der Waals surface area contributed by atoms with E-state index in [9.17, 15) is 19.8 Å². The number of aliphatic carboxylic acids is 2. The lowest BCUT2D eigenvalue weighted by molar-refractivity contribution is -0.331. The maximum atomic E-state index is 10.3. The number of carboxylic acids is 2. The Hall–Kier alpha value is -1.10. The Morgan fingerprint density at radius 3 is 1.67 bits per heavy atom. The molecule has 0 aliphatic rings. The van der Waals surface area contributed by atoms with E-state index in [1.807, 2.05) is 0 Å². The highest BCUT2D eigenvalue weighted by atomic mass is 16.4. The van der Waals surface area contributed by atoms with Crippen LogP contribution in [0.2, 0.25) is 0 Å². The molecule has 5 heteroatoms. The average molecular weight is 174 g/mol. The maximum Gasteiger partial charge on any atom is 0.102 e. The first-order valence-corrected chi connectivity index (χ1v) is 3.47. The standard InChI is InChI=1S/C7H12O5/c1-3(2)4(6(9)10)5(8)7(11)12/h3-5,8H,1-2H3,(H,9,10)(H,11,12)/p-2/t4-,5+/m0/s1. The molecular weight excluding hydrogens is 164 g/mol. The van der Waals surface area contributed by atoms with Crippen molar-refractivity contribution in [3.8, 4) is 0 Å². The molecule has 0 unspecified atom stereocenters. The molecule has 0 heterocycles. The van der Waals surface area contributed by atoms with Crippen molar-refractivity contribution >= 4 is 11.9 Å². The Balaban J connectivity index is 4.51. The van der Waals surface area contributed by atoms with Crippen LogP contribution in [-0.4, -0.2) is 23.1 Å². The molecule has 1 N–H and O–H groups in total. The summed E-state index contributed by atoms with van der Waals surface area (Å²) in [6.45, 7) is 2.96. The third-order valence-electron chi connectivity index (χ3n) is 1.57. The Morgan fingerprint density at radius 2 is 1.58 bits per heavy atom. The Morgan fingerprint density at radius 1 is 1.17 bits per heavy atom. The van der Waals surface area contributed by atoms with E-state index in [1.54, 1.807) is 0 Å². The Kier molecular flexibility index (Phi) is 3.69. The van der Waals surface area contributed by atoms with Crippen LogP contribution in [0.15, 0.2) is 0 Å².